The Balaban J connectivity index is 1.84. The van der Waals surface area contributed by atoms with Crippen LogP contribution in [0.4, 0.5) is 15.8 Å². The lowest BCUT2D eigenvalue weighted by Crippen LogP contribution is -2.52. The summed E-state index contributed by atoms with van der Waals surface area (Å²) in [6.07, 6.45) is 4.45. The van der Waals surface area contributed by atoms with Crippen LogP contribution in [0.3, 0.4) is 0 Å². The number of aryl methyl sites for hydroxylation is 1. The number of hydrogen-bond donors (Lipinski definition) is 0. The molecule has 1 aromatic heterocycles. The van der Waals surface area contributed by atoms with Crippen LogP contribution in [0.2, 0.25) is 5.15 Å². The monoisotopic (exact) mass is 398 g/mol. The van der Waals surface area contributed by atoms with Crippen molar-refractivity contribution >= 4 is 40.5 Å². The van der Waals surface area contributed by atoms with Gasteiger partial charge in [-0.05, 0) is 37.6 Å². The van der Waals surface area contributed by atoms with E-state index in [4.69, 9.17) is 11.6 Å². The standard InChI is InChI=1S/C20H16ClFN4O2/c1-11-7-13(22)3-4-15(11)25-10-26(16-5-6-19(27)24-12(16)2)20(28)14-9-23-18(21)8-17(14)25/h3-9,16H,10H2,1-2H3. The van der Waals surface area contributed by atoms with E-state index in [-0.39, 0.29) is 29.5 Å². The second kappa shape index (κ2) is 6.83. The molecule has 2 aromatic rings. The molecule has 2 aliphatic rings. The fourth-order valence-electron chi connectivity index (χ4n) is 3.52. The molecule has 0 fully saturated rings. The highest BCUT2D eigenvalue weighted by Gasteiger charge is 2.36. The Bertz CT molecular complexity index is 1070. The number of aromatic nitrogens is 1. The van der Waals surface area contributed by atoms with Crippen molar-refractivity contribution in [2.24, 2.45) is 4.99 Å². The summed E-state index contributed by atoms with van der Waals surface area (Å²) >= 11 is 6.08. The van der Waals surface area contributed by atoms with Crippen molar-refractivity contribution in [3.05, 3.63) is 64.7 Å². The number of fused-ring (bicyclic) bond motifs is 1. The Morgan fingerprint density at radius 1 is 1.18 bits per heavy atom. The first kappa shape index (κ1) is 18.3. The number of aliphatic imine (C=N–C) groups is 1. The lowest BCUT2D eigenvalue weighted by atomic mass is 10.0. The zero-order chi connectivity index (χ0) is 20.0. The van der Waals surface area contributed by atoms with Gasteiger partial charge in [0.2, 0.25) is 0 Å². The van der Waals surface area contributed by atoms with E-state index >= 15 is 0 Å². The highest BCUT2D eigenvalue weighted by Crippen LogP contribution is 2.37. The van der Waals surface area contributed by atoms with E-state index < -0.39 is 6.04 Å². The summed E-state index contributed by atoms with van der Waals surface area (Å²) in [5.74, 6) is -0.928. The SMILES string of the molecule is CC1=NC(=O)C=CC1N1CN(c2ccc(F)cc2C)c2cc(Cl)ncc2C1=O. The van der Waals surface area contributed by atoms with Gasteiger partial charge >= 0.3 is 0 Å². The van der Waals surface area contributed by atoms with Crippen LogP contribution in [0.5, 0.6) is 0 Å². The molecule has 6 nitrogen and oxygen atoms in total. The molecule has 8 heteroatoms. The molecule has 1 unspecified atom stereocenters. The molecule has 0 N–H and O–H groups in total. The molecule has 28 heavy (non-hydrogen) atoms. The lowest BCUT2D eigenvalue weighted by molar-refractivity contribution is -0.113. The highest BCUT2D eigenvalue weighted by atomic mass is 35.5. The van der Waals surface area contributed by atoms with Gasteiger partial charge < -0.3 is 9.80 Å². The predicted octanol–water partition coefficient (Wildman–Crippen LogP) is 3.66. The summed E-state index contributed by atoms with van der Waals surface area (Å²) in [4.78, 5) is 36.2. The van der Waals surface area contributed by atoms with E-state index in [0.29, 0.717) is 22.5 Å². The third-order valence-corrected chi connectivity index (χ3v) is 5.05. The zero-order valence-corrected chi connectivity index (χ0v) is 15.9. The fraction of sp³-hybridized carbons (Fsp3) is 0.200. The van der Waals surface area contributed by atoms with Gasteiger partial charge in [-0.15, -0.1) is 0 Å². The molecule has 0 saturated heterocycles. The number of carbonyl (C=O) groups excluding carboxylic acids is 2. The molecule has 0 saturated carbocycles. The Labute approximate surface area is 165 Å². The van der Waals surface area contributed by atoms with Crippen LogP contribution in [0, 0.1) is 12.7 Å². The molecule has 2 aliphatic heterocycles. The molecule has 3 heterocycles. The molecular formula is C20H16ClFN4O2. The third kappa shape index (κ3) is 3.07. The maximum Gasteiger partial charge on any atom is 0.269 e. The van der Waals surface area contributed by atoms with E-state index in [1.807, 2.05) is 4.90 Å². The number of benzene rings is 1. The zero-order valence-electron chi connectivity index (χ0n) is 15.2. The lowest BCUT2D eigenvalue weighted by Gasteiger charge is -2.41. The highest BCUT2D eigenvalue weighted by molar-refractivity contribution is 6.30. The number of halogens is 2. The largest absolute Gasteiger partial charge is 0.322 e. The quantitative estimate of drug-likeness (QED) is 0.724. The molecule has 2 amide bonds. The fourth-order valence-corrected chi connectivity index (χ4v) is 3.67. The first-order valence-corrected chi connectivity index (χ1v) is 9.00. The molecule has 0 aliphatic carbocycles. The van der Waals surface area contributed by atoms with Crippen LogP contribution >= 0.6 is 11.6 Å². The van der Waals surface area contributed by atoms with Gasteiger partial charge in [-0.25, -0.2) is 14.4 Å². The van der Waals surface area contributed by atoms with E-state index in [1.165, 1.54) is 24.4 Å². The molecule has 1 atom stereocenters. The number of nitrogens with zero attached hydrogens (tertiary/aromatic N) is 4. The van der Waals surface area contributed by atoms with Gasteiger partial charge in [0, 0.05) is 29.7 Å². The first-order valence-electron chi connectivity index (χ1n) is 8.62. The van der Waals surface area contributed by atoms with Crippen molar-refractivity contribution in [2.75, 3.05) is 11.6 Å². The summed E-state index contributed by atoms with van der Waals surface area (Å²) in [7, 11) is 0. The van der Waals surface area contributed by atoms with Gasteiger partial charge in [-0.3, -0.25) is 9.59 Å². The van der Waals surface area contributed by atoms with E-state index in [9.17, 15) is 14.0 Å². The summed E-state index contributed by atoms with van der Waals surface area (Å²) in [5.41, 5.74) is 2.96. The van der Waals surface area contributed by atoms with Crippen LogP contribution in [-0.4, -0.2) is 40.1 Å². The maximum absolute atomic E-state index is 13.6. The van der Waals surface area contributed by atoms with E-state index in [0.717, 1.165) is 5.69 Å². The number of carbonyl (C=O) groups is 2. The van der Waals surface area contributed by atoms with Crippen molar-refractivity contribution in [3.8, 4) is 0 Å². The van der Waals surface area contributed by atoms with Gasteiger partial charge in [0.1, 0.15) is 11.0 Å². The van der Waals surface area contributed by atoms with Crippen molar-refractivity contribution in [2.45, 2.75) is 19.9 Å². The Kier molecular flexibility index (Phi) is 4.47. The average molecular weight is 399 g/mol. The Morgan fingerprint density at radius 2 is 1.96 bits per heavy atom. The molecular weight excluding hydrogens is 383 g/mol. The number of pyridine rings is 1. The molecule has 1 aromatic carbocycles. The summed E-state index contributed by atoms with van der Waals surface area (Å²) in [5, 5.41) is 0.255. The number of amides is 2. The maximum atomic E-state index is 13.6. The number of dihydropyridines is 1. The first-order chi connectivity index (χ1) is 13.3. The minimum absolute atomic E-state index is 0.189. The molecule has 0 bridgehead atoms. The minimum atomic E-state index is -0.461. The number of rotatable bonds is 2. The summed E-state index contributed by atoms with van der Waals surface area (Å²) < 4.78 is 13.6. The van der Waals surface area contributed by atoms with Crippen molar-refractivity contribution < 1.29 is 14.0 Å². The minimum Gasteiger partial charge on any atom is -0.322 e. The molecule has 0 spiro atoms. The molecule has 0 radical (unpaired) electrons. The van der Waals surface area contributed by atoms with E-state index in [1.54, 1.807) is 37.0 Å². The van der Waals surface area contributed by atoms with Crippen LogP contribution in [-0.2, 0) is 4.79 Å². The Morgan fingerprint density at radius 3 is 2.68 bits per heavy atom. The number of anilines is 2. The van der Waals surface area contributed by atoms with Crippen LogP contribution in [0.25, 0.3) is 0 Å². The summed E-state index contributed by atoms with van der Waals surface area (Å²) in [6.45, 7) is 3.70. The van der Waals surface area contributed by atoms with Crippen molar-refractivity contribution in [1.82, 2.24) is 9.88 Å². The van der Waals surface area contributed by atoms with E-state index in [2.05, 4.69) is 9.98 Å². The number of hydrogen-bond acceptors (Lipinski definition) is 4. The molecule has 142 valence electrons. The van der Waals surface area contributed by atoms with Crippen molar-refractivity contribution in [3.63, 3.8) is 0 Å². The van der Waals surface area contributed by atoms with Gasteiger partial charge in [-0.2, -0.15) is 0 Å². The van der Waals surface area contributed by atoms with Crippen LogP contribution in [0.1, 0.15) is 22.8 Å². The van der Waals surface area contributed by atoms with Gasteiger partial charge in [-0.1, -0.05) is 17.7 Å². The van der Waals surface area contributed by atoms with Gasteiger partial charge in [0.25, 0.3) is 11.8 Å². The normalized spacial score (nSPS) is 19.0. The average Bonchev–Trinajstić information content (AvgIpc) is 2.63. The van der Waals surface area contributed by atoms with Gasteiger partial charge in [0.05, 0.1) is 24.0 Å². The topological polar surface area (TPSA) is 65.9 Å². The Hall–Kier alpha value is -3.06. The van der Waals surface area contributed by atoms with Crippen LogP contribution in [0.15, 0.2) is 47.6 Å². The van der Waals surface area contributed by atoms with Crippen molar-refractivity contribution in [1.29, 1.82) is 0 Å². The summed E-state index contributed by atoms with van der Waals surface area (Å²) in [6, 6.07) is 5.63. The second-order valence-electron chi connectivity index (χ2n) is 6.69. The molecule has 4 rings (SSSR count). The smallest absolute Gasteiger partial charge is 0.269 e. The van der Waals surface area contributed by atoms with Crippen LogP contribution < -0.4 is 4.90 Å². The van der Waals surface area contributed by atoms with Gasteiger partial charge in [0.15, 0.2) is 0 Å². The third-order valence-electron chi connectivity index (χ3n) is 4.85. The second-order valence-corrected chi connectivity index (χ2v) is 7.08. The predicted molar refractivity (Wildman–Crippen MR) is 105 cm³/mol.